The number of halogens is 1. The van der Waals surface area contributed by atoms with Crippen LogP contribution in [-0.4, -0.2) is 32.6 Å². The number of hydrogen-bond acceptors (Lipinski definition) is 3. The van der Waals surface area contributed by atoms with Crippen molar-refractivity contribution < 1.29 is 0 Å². The van der Waals surface area contributed by atoms with Gasteiger partial charge in [-0.2, -0.15) is 5.10 Å². The topological polar surface area (TPSA) is 80.6 Å². The van der Waals surface area contributed by atoms with Gasteiger partial charge in [-0.15, -0.1) is 0 Å². The Morgan fingerprint density at radius 2 is 2.20 bits per heavy atom. The van der Waals surface area contributed by atoms with Crippen molar-refractivity contribution in [2.75, 3.05) is 6.54 Å². The molecular formula is C13H19ClN6. The normalized spacial score (nSPS) is 12.9. The van der Waals surface area contributed by atoms with Crippen LogP contribution in [0.15, 0.2) is 23.6 Å². The van der Waals surface area contributed by atoms with Crippen LogP contribution >= 0.6 is 11.6 Å². The lowest BCUT2D eigenvalue weighted by atomic mass is 10.1. The van der Waals surface area contributed by atoms with E-state index < -0.39 is 0 Å². The van der Waals surface area contributed by atoms with Crippen LogP contribution < -0.4 is 11.1 Å². The maximum Gasteiger partial charge on any atom is 0.188 e. The van der Waals surface area contributed by atoms with E-state index in [0.29, 0.717) is 23.2 Å². The Balaban J connectivity index is 1.97. The van der Waals surface area contributed by atoms with Gasteiger partial charge in [0.2, 0.25) is 0 Å². The molecule has 0 saturated heterocycles. The minimum absolute atomic E-state index is 0.0835. The summed E-state index contributed by atoms with van der Waals surface area (Å²) in [6.45, 7) is 6.70. The summed E-state index contributed by atoms with van der Waals surface area (Å²) in [7, 11) is 0. The van der Waals surface area contributed by atoms with Crippen molar-refractivity contribution in [3.05, 3.63) is 29.2 Å². The molecule has 0 fully saturated rings. The van der Waals surface area contributed by atoms with E-state index in [9.17, 15) is 0 Å². The lowest BCUT2D eigenvalue weighted by Crippen LogP contribution is -2.45. The van der Waals surface area contributed by atoms with Crippen LogP contribution in [0, 0.1) is 0 Å². The Bertz CT molecular complexity index is 625. The molecule has 0 spiro atoms. The number of nitrogens with one attached hydrogen (secondary N) is 1. The molecule has 0 aliphatic rings. The summed E-state index contributed by atoms with van der Waals surface area (Å²) in [6, 6.07) is 0. The van der Waals surface area contributed by atoms with E-state index >= 15 is 0 Å². The number of aliphatic imine (C=N–C) groups is 1. The third-order valence-electron chi connectivity index (χ3n) is 2.55. The zero-order valence-corrected chi connectivity index (χ0v) is 12.6. The molecule has 0 saturated carbocycles. The molecule has 7 heteroatoms. The minimum atomic E-state index is -0.0835. The maximum absolute atomic E-state index is 5.94. The summed E-state index contributed by atoms with van der Waals surface area (Å²) in [5.74, 6) is 0.452. The molecule has 0 unspecified atom stereocenters. The molecule has 0 amide bonds. The predicted octanol–water partition coefficient (Wildman–Crippen LogP) is 1.63. The van der Waals surface area contributed by atoms with Crippen molar-refractivity contribution in [2.24, 2.45) is 10.7 Å². The molecule has 0 aromatic carbocycles. The van der Waals surface area contributed by atoms with Crippen molar-refractivity contribution in [3.63, 3.8) is 0 Å². The molecule has 2 aromatic heterocycles. The second-order valence-corrected chi connectivity index (χ2v) is 6.02. The molecule has 108 valence electrons. The number of aromatic nitrogens is 3. The molecule has 0 radical (unpaired) electrons. The number of guanidine groups is 1. The van der Waals surface area contributed by atoms with E-state index in [-0.39, 0.29) is 5.54 Å². The zero-order chi connectivity index (χ0) is 14.8. The standard InChI is InChI=1S/C13H19ClN6/c1-13(2,3)19-12(15)16-5-4-9-6-17-11-10(14)7-18-20(11)8-9/h6-8H,4-5H2,1-3H3,(H3,15,16,19). The maximum atomic E-state index is 5.94. The van der Waals surface area contributed by atoms with Gasteiger partial charge in [0.1, 0.15) is 5.02 Å². The van der Waals surface area contributed by atoms with E-state index in [0.717, 1.165) is 12.0 Å². The Morgan fingerprint density at radius 3 is 2.90 bits per heavy atom. The van der Waals surface area contributed by atoms with Gasteiger partial charge in [0.25, 0.3) is 0 Å². The molecule has 6 nitrogen and oxygen atoms in total. The number of nitrogens with two attached hydrogens (primary N) is 1. The molecule has 2 rings (SSSR count). The molecule has 3 N–H and O–H groups in total. The molecule has 2 heterocycles. The van der Waals surface area contributed by atoms with E-state index in [1.165, 1.54) is 0 Å². The average molecular weight is 295 g/mol. The van der Waals surface area contributed by atoms with Gasteiger partial charge in [-0.3, -0.25) is 4.99 Å². The van der Waals surface area contributed by atoms with Crippen molar-refractivity contribution in [2.45, 2.75) is 32.7 Å². The molecule has 2 aromatic rings. The van der Waals surface area contributed by atoms with Gasteiger partial charge in [0, 0.05) is 24.5 Å². The first kappa shape index (κ1) is 14.6. The Kier molecular flexibility index (Phi) is 4.13. The number of rotatable bonds is 3. The summed E-state index contributed by atoms with van der Waals surface area (Å²) in [4.78, 5) is 8.56. The predicted molar refractivity (Wildman–Crippen MR) is 81.1 cm³/mol. The van der Waals surface area contributed by atoms with Gasteiger partial charge in [-0.05, 0) is 32.8 Å². The largest absolute Gasteiger partial charge is 0.370 e. The summed E-state index contributed by atoms with van der Waals surface area (Å²) in [5, 5.41) is 7.78. The monoisotopic (exact) mass is 294 g/mol. The van der Waals surface area contributed by atoms with Crippen LogP contribution in [0.1, 0.15) is 26.3 Å². The van der Waals surface area contributed by atoms with Crippen LogP contribution in [0.3, 0.4) is 0 Å². The fourth-order valence-electron chi connectivity index (χ4n) is 1.74. The van der Waals surface area contributed by atoms with Crippen molar-refractivity contribution in [3.8, 4) is 0 Å². The van der Waals surface area contributed by atoms with E-state index in [1.54, 1.807) is 16.9 Å². The highest BCUT2D eigenvalue weighted by molar-refractivity contribution is 6.33. The van der Waals surface area contributed by atoms with Crippen molar-refractivity contribution >= 4 is 23.2 Å². The highest BCUT2D eigenvalue weighted by atomic mass is 35.5. The molecule has 0 aliphatic carbocycles. The second kappa shape index (κ2) is 5.66. The van der Waals surface area contributed by atoms with Gasteiger partial charge >= 0.3 is 0 Å². The Morgan fingerprint density at radius 1 is 1.45 bits per heavy atom. The van der Waals surface area contributed by atoms with Crippen LogP contribution in [0.5, 0.6) is 0 Å². The Hall–Kier alpha value is -1.82. The lowest BCUT2D eigenvalue weighted by molar-refractivity contribution is 0.508. The highest BCUT2D eigenvalue weighted by Gasteiger charge is 2.09. The number of fused-ring (bicyclic) bond motifs is 1. The fourth-order valence-corrected chi connectivity index (χ4v) is 1.92. The van der Waals surface area contributed by atoms with Gasteiger partial charge in [-0.25, -0.2) is 9.50 Å². The van der Waals surface area contributed by atoms with E-state index in [2.05, 4.69) is 20.4 Å². The highest BCUT2D eigenvalue weighted by Crippen LogP contribution is 2.14. The first-order valence-corrected chi connectivity index (χ1v) is 6.79. The van der Waals surface area contributed by atoms with Crippen LogP contribution in [0.2, 0.25) is 5.02 Å². The zero-order valence-electron chi connectivity index (χ0n) is 11.9. The SMILES string of the molecule is CC(C)(C)NC(N)=NCCc1cnc2c(Cl)cnn2c1. The van der Waals surface area contributed by atoms with Gasteiger partial charge in [-0.1, -0.05) is 11.6 Å². The summed E-state index contributed by atoms with van der Waals surface area (Å²) < 4.78 is 1.66. The van der Waals surface area contributed by atoms with Gasteiger partial charge < -0.3 is 11.1 Å². The van der Waals surface area contributed by atoms with Crippen molar-refractivity contribution in [1.82, 2.24) is 19.9 Å². The second-order valence-electron chi connectivity index (χ2n) is 5.61. The number of nitrogens with zero attached hydrogens (tertiary/aromatic N) is 4. The third-order valence-corrected chi connectivity index (χ3v) is 2.82. The number of hydrogen-bond donors (Lipinski definition) is 2. The third kappa shape index (κ3) is 3.84. The smallest absolute Gasteiger partial charge is 0.188 e. The molecule has 0 atom stereocenters. The summed E-state index contributed by atoms with van der Waals surface area (Å²) >= 11 is 5.94. The lowest BCUT2D eigenvalue weighted by Gasteiger charge is -2.20. The van der Waals surface area contributed by atoms with Crippen LogP contribution in [0.4, 0.5) is 0 Å². The fraction of sp³-hybridized carbons (Fsp3) is 0.462. The van der Waals surface area contributed by atoms with Gasteiger partial charge in [0.15, 0.2) is 11.6 Å². The van der Waals surface area contributed by atoms with Gasteiger partial charge in [0.05, 0.1) is 6.20 Å². The molecular weight excluding hydrogens is 276 g/mol. The van der Waals surface area contributed by atoms with E-state index in [4.69, 9.17) is 17.3 Å². The molecule has 20 heavy (non-hydrogen) atoms. The molecule has 0 aliphatic heterocycles. The average Bonchev–Trinajstić information content (AvgIpc) is 2.68. The Labute approximate surface area is 123 Å². The van der Waals surface area contributed by atoms with Crippen LogP contribution in [0.25, 0.3) is 5.65 Å². The van der Waals surface area contributed by atoms with Crippen molar-refractivity contribution in [1.29, 1.82) is 0 Å². The minimum Gasteiger partial charge on any atom is -0.370 e. The van der Waals surface area contributed by atoms with E-state index in [1.807, 2.05) is 27.0 Å². The molecule has 0 bridgehead atoms. The summed E-state index contributed by atoms with van der Waals surface area (Å²) in [6.07, 6.45) is 6.01. The first-order chi connectivity index (χ1) is 9.35. The quantitative estimate of drug-likeness (QED) is 0.666. The summed E-state index contributed by atoms with van der Waals surface area (Å²) in [5.41, 5.74) is 7.41. The van der Waals surface area contributed by atoms with Crippen LogP contribution in [-0.2, 0) is 6.42 Å². The first-order valence-electron chi connectivity index (χ1n) is 6.41.